The van der Waals surface area contributed by atoms with E-state index in [1.807, 2.05) is 24.3 Å². The Kier molecular flexibility index (Phi) is 5.90. The number of nitrogens with one attached hydrogen (secondary N) is 1. The van der Waals surface area contributed by atoms with Gasteiger partial charge in [0.05, 0.1) is 0 Å². The van der Waals surface area contributed by atoms with E-state index in [2.05, 4.69) is 36.5 Å². The molecule has 0 radical (unpaired) electrons. The lowest BCUT2D eigenvalue weighted by Gasteiger charge is -2.20. The molecule has 0 fully saturated rings. The Hall–Kier alpha value is -1.02. The summed E-state index contributed by atoms with van der Waals surface area (Å²) < 4.78 is 0. The maximum absolute atomic E-state index is 6.32. The van der Waals surface area contributed by atoms with Gasteiger partial charge in [0, 0.05) is 16.1 Å². The summed E-state index contributed by atoms with van der Waals surface area (Å²) in [5.74, 6) is 0. The molecule has 0 bridgehead atoms. The first kappa shape index (κ1) is 15.4. The molecule has 3 heteroatoms. The Morgan fingerprint density at radius 3 is 2.45 bits per heavy atom. The molecule has 0 spiro atoms. The Bertz CT molecular complexity index is 540. The van der Waals surface area contributed by atoms with E-state index in [1.54, 1.807) is 0 Å². The Labute approximate surface area is 130 Å². The van der Waals surface area contributed by atoms with Crippen LogP contribution in [-0.4, -0.2) is 6.54 Å². The zero-order chi connectivity index (χ0) is 14.4. The molecule has 0 amide bonds. The average molecular weight is 308 g/mol. The normalized spacial score (nSPS) is 12.3. The van der Waals surface area contributed by atoms with E-state index in [4.69, 9.17) is 23.2 Å². The van der Waals surface area contributed by atoms with Crippen molar-refractivity contribution < 1.29 is 0 Å². The van der Waals surface area contributed by atoms with Gasteiger partial charge >= 0.3 is 0 Å². The van der Waals surface area contributed by atoms with Gasteiger partial charge in [-0.1, -0.05) is 66.5 Å². The minimum atomic E-state index is 0.255. The van der Waals surface area contributed by atoms with Crippen LogP contribution >= 0.6 is 23.2 Å². The molecule has 1 atom stereocenters. The van der Waals surface area contributed by atoms with Crippen LogP contribution in [0.4, 0.5) is 0 Å². The highest BCUT2D eigenvalue weighted by Crippen LogP contribution is 2.29. The number of benzene rings is 2. The number of hydrogen-bond acceptors (Lipinski definition) is 1. The summed E-state index contributed by atoms with van der Waals surface area (Å²) in [6.45, 7) is 3.03. The van der Waals surface area contributed by atoms with Crippen LogP contribution in [0.2, 0.25) is 10.0 Å². The van der Waals surface area contributed by atoms with E-state index in [-0.39, 0.29) is 6.04 Å². The van der Waals surface area contributed by atoms with Crippen LogP contribution in [0.3, 0.4) is 0 Å². The molecule has 2 rings (SSSR count). The molecule has 0 aliphatic carbocycles. The smallest absolute Gasteiger partial charge is 0.0468 e. The minimum Gasteiger partial charge on any atom is -0.310 e. The average Bonchev–Trinajstić information content (AvgIpc) is 2.45. The third-order valence-electron chi connectivity index (χ3n) is 3.35. The van der Waals surface area contributed by atoms with Gasteiger partial charge in [-0.25, -0.2) is 0 Å². The molecule has 0 aromatic heterocycles. The molecule has 0 aliphatic rings. The lowest BCUT2D eigenvalue weighted by Crippen LogP contribution is -2.21. The first-order chi connectivity index (χ1) is 9.70. The maximum Gasteiger partial charge on any atom is 0.0468 e. The van der Waals surface area contributed by atoms with E-state index in [0.29, 0.717) is 5.02 Å². The fourth-order valence-corrected chi connectivity index (χ4v) is 2.89. The van der Waals surface area contributed by atoms with Crippen LogP contribution in [0.1, 0.15) is 30.5 Å². The number of hydrogen-bond donors (Lipinski definition) is 1. The summed E-state index contributed by atoms with van der Waals surface area (Å²) >= 11 is 12.3. The quantitative estimate of drug-likeness (QED) is 0.766. The number of halogens is 2. The fourth-order valence-electron chi connectivity index (χ4n) is 2.35. The molecule has 1 nitrogen and oxygen atoms in total. The van der Waals surface area contributed by atoms with Crippen molar-refractivity contribution in [3.8, 4) is 0 Å². The highest BCUT2D eigenvalue weighted by molar-refractivity contribution is 6.35. The molecular formula is C17H19Cl2N. The van der Waals surface area contributed by atoms with Gasteiger partial charge in [0.1, 0.15) is 0 Å². The molecule has 0 saturated carbocycles. The topological polar surface area (TPSA) is 12.0 Å². The van der Waals surface area contributed by atoms with Crippen molar-refractivity contribution in [2.24, 2.45) is 0 Å². The summed E-state index contributed by atoms with van der Waals surface area (Å²) in [7, 11) is 0. The molecule has 2 aromatic carbocycles. The third-order valence-corrected chi connectivity index (χ3v) is 3.92. The first-order valence-corrected chi connectivity index (χ1v) is 7.68. The van der Waals surface area contributed by atoms with Crippen LogP contribution < -0.4 is 5.32 Å². The SMILES string of the molecule is CCNC(CCc1ccccc1)c1ccc(Cl)cc1Cl. The largest absolute Gasteiger partial charge is 0.310 e. The van der Waals surface area contributed by atoms with Gasteiger partial charge in [0.15, 0.2) is 0 Å². The Morgan fingerprint density at radius 1 is 1.05 bits per heavy atom. The van der Waals surface area contributed by atoms with Crippen LogP contribution in [0.25, 0.3) is 0 Å². The zero-order valence-corrected chi connectivity index (χ0v) is 13.1. The van der Waals surface area contributed by atoms with Crippen molar-refractivity contribution in [3.05, 3.63) is 69.7 Å². The number of rotatable bonds is 6. The van der Waals surface area contributed by atoms with Crippen LogP contribution in [0.5, 0.6) is 0 Å². The Morgan fingerprint density at radius 2 is 1.80 bits per heavy atom. The van der Waals surface area contributed by atoms with Gasteiger partial charge in [-0.05, 0) is 42.6 Å². The molecule has 2 aromatic rings. The molecule has 1 N–H and O–H groups in total. The van der Waals surface area contributed by atoms with Crippen molar-refractivity contribution in [1.82, 2.24) is 5.32 Å². The van der Waals surface area contributed by atoms with Gasteiger partial charge in [0.2, 0.25) is 0 Å². The predicted molar refractivity (Wildman–Crippen MR) is 87.6 cm³/mol. The molecule has 1 unspecified atom stereocenters. The second-order valence-electron chi connectivity index (χ2n) is 4.80. The fraction of sp³-hybridized carbons (Fsp3) is 0.294. The summed E-state index contributed by atoms with van der Waals surface area (Å²) in [5, 5.41) is 4.91. The van der Waals surface area contributed by atoms with Crippen molar-refractivity contribution in [3.63, 3.8) is 0 Å². The molecule has 0 aliphatic heterocycles. The zero-order valence-electron chi connectivity index (χ0n) is 11.6. The molecule has 0 heterocycles. The van der Waals surface area contributed by atoms with E-state index in [0.717, 1.165) is 30.0 Å². The summed E-state index contributed by atoms with van der Waals surface area (Å²) in [6, 6.07) is 16.5. The lowest BCUT2D eigenvalue weighted by molar-refractivity contribution is 0.515. The van der Waals surface area contributed by atoms with Gasteiger partial charge in [-0.15, -0.1) is 0 Å². The van der Waals surface area contributed by atoms with Crippen molar-refractivity contribution in [1.29, 1.82) is 0 Å². The second kappa shape index (κ2) is 7.68. The molecule has 0 saturated heterocycles. The highest BCUT2D eigenvalue weighted by Gasteiger charge is 2.14. The van der Waals surface area contributed by atoms with Gasteiger partial charge < -0.3 is 5.32 Å². The molecular weight excluding hydrogens is 289 g/mol. The van der Waals surface area contributed by atoms with Crippen LogP contribution in [0, 0.1) is 0 Å². The van der Waals surface area contributed by atoms with Crippen molar-refractivity contribution >= 4 is 23.2 Å². The Balaban J connectivity index is 2.10. The van der Waals surface area contributed by atoms with Crippen molar-refractivity contribution in [2.75, 3.05) is 6.54 Å². The molecule has 20 heavy (non-hydrogen) atoms. The maximum atomic E-state index is 6.32. The summed E-state index contributed by atoms with van der Waals surface area (Å²) in [4.78, 5) is 0. The standard InChI is InChI=1S/C17H19Cl2N/c1-2-20-17(11-8-13-6-4-3-5-7-13)15-10-9-14(18)12-16(15)19/h3-7,9-10,12,17,20H,2,8,11H2,1H3. The summed E-state index contributed by atoms with van der Waals surface area (Å²) in [5.41, 5.74) is 2.47. The van der Waals surface area contributed by atoms with E-state index >= 15 is 0 Å². The predicted octanol–water partition coefficient (Wildman–Crippen LogP) is 5.28. The van der Waals surface area contributed by atoms with E-state index in [9.17, 15) is 0 Å². The van der Waals surface area contributed by atoms with Crippen LogP contribution in [0.15, 0.2) is 48.5 Å². The van der Waals surface area contributed by atoms with Gasteiger partial charge in [-0.2, -0.15) is 0 Å². The van der Waals surface area contributed by atoms with Gasteiger partial charge in [-0.3, -0.25) is 0 Å². The van der Waals surface area contributed by atoms with Crippen LogP contribution in [-0.2, 0) is 6.42 Å². The van der Waals surface area contributed by atoms with E-state index in [1.165, 1.54) is 5.56 Å². The van der Waals surface area contributed by atoms with Crippen molar-refractivity contribution in [2.45, 2.75) is 25.8 Å². The first-order valence-electron chi connectivity index (χ1n) is 6.93. The van der Waals surface area contributed by atoms with E-state index < -0.39 is 0 Å². The lowest BCUT2D eigenvalue weighted by atomic mass is 9.99. The third kappa shape index (κ3) is 4.24. The molecule has 106 valence electrons. The second-order valence-corrected chi connectivity index (χ2v) is 5.64. The monoisotopic (exact) mass is 307 g/mol. The number of aryl methyl sites for hydroxylation is 1. The summed E-state index contributed by atoms with van der Waals surface area (Å²) in [6.07, 6.45) is 2.04. The highest BCUT2D eigenvalue weighted by atomic mass is 35.5. The minimum absolute atomic E-state index is 0.255. The van der Waals surface area contributed by atoms with Gasteiger partial charge in [0.25, 0.3) is 0 Å².